The van der Waals surface area contributed by atoms with E-state index in [1.54, 1.807) is 24.7 Å². The summed E-state index contributed by atoms with van der Waals surface area (Å²) in [6.07, 6.45) is 0.257. The lowest BCUT2D eigenvalue weighted by molar-refractivity contribution is -0.137. The molecule has 2 aromatic carbocycles. The van der Waals surface area contributed by atoms with Gasteiger partial charge in [-0.3, -0.25) is 0 Å². The maximum atomic E-state index is 13.3. The highest BCUT2D eigenvalue weighted by Gasteiger charge is 2.44. The summed E-state index contributed by atoms with van der Waals surface area (Å²) in [5.74, 6) is -0.170. The van der Waals surface area contributed by atoms with Gasteiger partial charge in [-0.1, -0.05) is 6.07 Å². The van der Waals surface area contributed by atoms with E-state index in [0.717, 1.165) is 29.6 Å². The Morgan fingerprint density at radius 3 is 2.15 bits per heavy atom. The molecule has 176 valence electrons. The molecular weight excluding hydrogens is 451 g/mol. The van der Waals surface area contributed by atoms with Crippen LogP contribution in [0.15, 0.2) is 71.9 Å². The molecule has 0 N–H and O–H groups in total. The maximum Gasteiger partial charge on any atom is 0.416 e. The van der Waals surface area contributed by atoms with Crippen molar-refractivity contribution in [2.75, 3.05) is 18.0 Å². The summed E-state index contributed by atoms with van der Waals surface area (Å²) in [6, 6.07) is 13.9. The van der Waals surface area contributed by atoms with Crippen molar-refractivity contribution in [3.63, 3.8) is 0 Å². The number of hydrogen-bond acceptors (Lipinski definition) is 4. The topological polar surface area (TPSA) is 55.2 Å². The lowest BCUT2D eigenvalue weighted by Gasteiger charge is -2.41. The quantitative estimate of drug-likeness (QED) is 0.497. The van der Waals surface area contributed by atoms with Gasteiger partial charge in [0.25, 0.3) is 0 Å². The predicted molar refractivity (Wildman–Crippen MR) is 121 cm³/mol. The molecular formula is C24H26F3N3O2S. The molecule has 1 aliphatic rings. The first-order chi connectivity index (χ1) is 15.5. The average Bonchev–Trinajstić information content (AvgIpc) is 3.34. The van der Waals surface area contributed by atoms with Gasteiger partial charge in [0.1, 0.15) is 0 Å². The zero-order valence-electron chi connectivity index (χ0n) is 18.5. The summed E-state index contributed by atoms with van der Waals surface area (Å²) in [5, 5.41) is 4.22. The van der Waals surface area contributed by atoms with Crippen LogP contribution in [0.3, 0.4) is 0 Å². The predicted octanol–water partition coefficient (Wildman–Crippen LogP) is 5.36. The number of piperidine rings is 1. The normalized spacial score (nSPS) is 16.2. The van der Waals surface area contributed by atoms with Gasteiger partial charge in [0.15, 0.2) is 9.84 Å². The highest BCUT2D eigenvalue weighted by molar-refractivity contribution is 7.92. The third kappa shape index (κ3) is 4.51. The largest absolute Gasteiger partial charge is 0.416 e. The molecule has 0 bridgehead atoms. The Balaban J connectivity index is 1.47. The number of benzene rings is 2. The molecule has 0 radical (unpaired) electrons. The minimum absolute atomic E-state index is 0.170. The second-order valence-electron chi connectivity index (χ2n) is 8.86. The molecule has 3 aromatic rings. The molecule has 9 heteroatoms. The van der Waals surface area contributed by atoms with E-state index < -0.39 is 26.3 Å². The van der Waals surface area contributed by atoms with Crippen LogP contribution in [0.4, 0.5) is 18.9 Å². The molecule has 2 heterocycles. The number of aromatic nitrogens is 2. The number of alkyl halides is 3. The van der Waals surface area contributed by atoms with Gasteiger partial charge in [-0.25, -0.2) is 13.1 Å². The number of sulfone groups is 1. The first-order valence-corrected chi connectivity index (χ1v) is 12.3. The lowest BCUT2D eigenvalue weighted by atomic mass is 9.85. The van der Waals surface area contributed by atoms with Crippen molar-refractivity contribution in [1.82, 2.24) is 9.78 Å². The Hall–Kier alpha value is -2.81. The minimum Gasteiger partial charge on any atom is -0.372 e. The molecule has 33 heavy (non-hydrogen) atoms. The van der Waals surface area contributed by atoms with Crippen LogP contribution in [0.25, 0.3) is 5.69 Å². The monoisotopic (exact) mass is 477 g/mol. The Kier molecular flexibility index (Phi) is 6.03. The summed E-state index contributed by atoms with van der Waals surface area (Å²) in [4.78, 5) is 1.93. The van der Waals surface area contributed by atoms with Gasteiger partial charge in [0.2, 0.25) is 0 Å². The number of rotatable bonds is 5. The van der Waals surface area contributed by atoms with E-state index >= 15 is 0 Å². The number of halogens is 3. The van der Waals surface area contributed by atoms with Crippen molar-refractivity contribution in [2.45, 2.75) is 42.5 Å². The van der Waals surface area contributed by atoms with E-state index in [4.69, 9.17) is 0 Å². The van der Waals surface area contributed by atoms with Crippen molar-refractivity contribution in [3.8, 4) is 5.69 Å². The Bertz CT molecular complexity index is 1200. The highest BCUT2D eigenvalue weighted by Crippen LogP contribution is 2.40. The third-order valence-corrected chi connectivity index (χ3v) is 9.22. The fraction of sp³-hybridized carbons (Fsp3) is 0.375. The highest BCUT2D eigenvalue weighted by atomic mass is 32.2. The molecule has 0 aliphatic carbocycles. The molecule has 0 saturated carbocycles. The van der Waals surface area contributed by atoms with Crippen LogP contribution in [0, 0.1) is 5.92 Å². The third-order valence-electron chi connectivity index (χ3n) is 6.63. The summed E-state index contributed by atoms with van der Waals surface area (Å²) in [5.41, 5.74) is 1.04. The van der Waals surface area contributed by atoms with E-state index in [2.05, 4.69) is 10.00 Å². The van der Waals surface area contributed by atoms with Gasteiger partial charge in [-0.15, -0.1) is 0 Å². The van der Waals surface area contributed by atoms with Gasteiger partial charge in [0.05, 0.1) is 20.9 Å². The SMILES string of the molecule is CC(C)(C1CCN(c2ccc(-n3cccn3)cc2)CC1)S(=O)(=O)c1cccc(C(F)(F)F)c1. The summed E-state index contributed by atoms with van der Waals surface area (Å²) in [6.45, 7) is 4.60. The molecule has 0 amide bonds. The fourth-order valence-electron chi connectivity index (χ4n) is 4.43. The first-order valence-electron chi connectivity index (χ1n) is 10.8. The summed E-state index contributed by atoms with van der Waals surface area (Å²) < 4.78 is 66.6. The molecule has 5 nitrogen and oxygen atoms in total. The van der Waals surface area contributed by atoms with Gasteiger partial charge in [-0.05, 0) is 81.1 Å². The van der Waals surface area contributed by atoms with Crippen LogP contribution < -0.4 is 4.90 Å². The molecule has 0 unspecified atom stereocenters. The van der Waals surface area contributed by atoms with E-state index in [1.165, 1.54) is 6.07 Å². The van der Waals surface area contributed by atoms with E-state index in [0.29, 0.717) is 25.9 Å². The van der Waals surface area contributed by atoms with Crippen LogP contribution in [-0.4, -0.2) is 36.0 Å². The van der Waals surface area contributed by atoms with Crippen LogP contribution in [0.5, 0.6) is 0 Å². The van der Waals surface area contributed by atoms with Crippen molar-refractivity contribution < 1.29 is 21.6 Å². The Labute approximate surface area is 191 Å². The summed E-state index contributed by atoms with van der Waals surface area (Å²) in [7, 11) is -3.96. The van der Waals surface area contributed by atoms with E-state index in [-0.39, 0.29) is 10.8 Å². The zero-order chi connectivity index (χ0) is 23.9. The molecule has 4 rings (SSSR count). The molecule has 0 atom stereocenters. The second kappa shape index (κ2) is 8.52. The van der Waals surface area contributed by atoms with Crippen molar-refractivity contribution in [2.24, 2.45) is 5.92 Å². The zero-order valence-corrected chi connectivity index (χ0v) is 19.3. The number of nitrogens with zero attached hydrogens (tertiary/aromatic N) is 3. The molecule has 1 fully saturated rings. The minimum atomic E-state index is -4.59. The molecule has 0 spiro atoms. The smallest absolute Gasteiger partial charge is 0.372 e. The van der Waals surface area contributed by atoms with Crippen LogP contribution >= 0.6 is 0 Å². The lowest BCUT2D eigenvalue weighted by Crippen LogP contribution is -2.46. The van der Waals surface area contributed by atoms with Crippen molar-refractivity contribution >= 4 is 15.5 Å². The maximum absolute atomic E-state index is 13.3. The standard InChI is InChI=1S/C24H26F3N3O2S/c1-23(2,33(31,32)22-6-3-5-19(17-22)24(25,26)27)18-11-15-29(16-12-18)20-7-9-21(10-8-20)30-14-4-13-28-30/h3-10,13-14,17-18H,11-12,15-16H2,1-2H3. The van der Waals surface area contributed by atoms with Crippen LogP contribution in [-0.2, 0) is 16.0 Å². The summed E-state index contributed by atoms with van der Waals surface area (Å²) >= 11 is 0. The Morgan fingerprint density at radius 2 is 1.58 bits per heavy atom. The Morgan fingerprint density at radius 1 is 0.939 bits per heavy atom. The second-order valence-corrected chi connectivity index (χ2v) is 11.4. The van der Waals surface area contributed by atoms with Gasteiger partial charge in [-0.2, -0.15) is 18.3 Å². The number of anilines is 1. The van der Waals surface area contributed by atoms with Gasteiger partial charge >= 0.3 is 6.18 Å². The first kappa shape index (κ1) is 23.4. The van der Waals surface area contributed by atoms with Crippen LogP contribution in [0.2, 0.25) is 0 Å². The van der Waals surface area contributed by atoms with Crippen molar-refractivity contribution in [3.05, 3.63) is 72.6 Å². The number of hydrogen-bond donors (Lipinski definition) is 0. The van der Waals surface area contributed by atoms with Crippen LogP contribution in [0.1, 0.15) is 32.3 Å². The molecule has 1 aromatic heterocycles. The van der Waals surface area contributed by atoms with Gasteiger partial charge in [0, 0.05) is 31.2 Å². The molecule has 1 aliphatic heterocycles. The molecule has 1 saturated heterocycles. The van der Waals surface area contributed by atoms with E-state index in [1.807, 2.05) is 36.5 Å². The average molecular weight is 478 g/mol. The van der Waals surface area contributed by atoms with E-state index in [9.17, 15) is 21.6 Å². The van der Waals surface area contributed by atoms with Gasteiger partial charge < -0.3 is 4.90 Å². The fourth-order valence-corrected chi connectivity index (χ4v) is 6.26. The van der Waals surface area contributed by atoms with Crippen molar-refractivity contribution in [1.29, 1.82) is 0 Å².